The van der Waals surface area contributed by atoms with Gasteiger partial charge in [0.05, 0.1) is 15.4 Å². The molecule has 0 heterocycles. The Bertz CT molecular complexity index is 1920. The number of fused-ring (bicyclic) bond motifs is 1. The summed E-state index contributed by atoms with van der Waals surface area (Å²) in [6.07, 6.45) is 0.358. The highest BCUT2D eigenvalue weighted by Gasteiger charge is 2.27. The molecule has 5 aromatic carbocycles. The molecule has 1 amide bonds. The molecule has 0 aliphatic rings. The van der Waals surface area contributed by atoms with Crippen molar-refractivity contribution in [1.29, 1.82) is 0 Å². The normalized spacial score (nSPS) is 11.9. The first-order chi connectivity index (χ1) is 19.9. The second kappa shape index (κ2) is 11.0. The highest BCUT2D eigenvalue weighted by Crippen LogP contribution is 2.36. The van der Waals surface area contributed by atoms with Crippen LogP contribution in [-0.4, -0.2) is 24.5 Å². The number of carbonyl (C=O) groups is 1. The maximum atomic E-state index is 13.5. The third-order valence-corrected chi connectivity index (χ3v) is 9.33. The van der Waals surface area contributed by atoms with E-state index in [9.17, 15) is 23.4 Å². The zero-order valence-electron chi connectivity index (χ0n) is 24.0. The Morgan fingerprint density at radius 1 is 0.786 bits per heavy atom. The second-order valence-electron chi connectivity index (χ2n) is 11.4. The maximum absolute atomic E-state index is 13.5. The average Bonchev–Trinajstić information content (AvgIpc) is 2.97. The van der Waals surface area contributed by atoms with Gasteiger partial charge in [-0.2, -0.15) is 0 Å². The highest BCUT2D eigenvalue weighted by atomic mass is 32.2. The number of phenolic OH excluding ortho intramolecular Hbond substituents is 2. The van der Waals surface area contributed by atoms with Crippen LogP contribution in [-0.2, 0) is 21.7 Å². The van der Waals surface area contributed by atoms with E-state index in [0.717, 1.165) is 21.9 Å². The lowest BCUT2D eigenvalue weighted by molar-refractivity contribution is 0.102. The summed E-state index contributed by atoms with van der Waals surface area (Å²) in [4.78, 5) is 13.7. The van der Waals surface area contributed by atoms with Crippen molar-refractivity contribution >= 4 is 32.2 Å². The van der Waals surface area contributed by atoms with E-state index in [1.54, 1.807) is 19.1 Å². The van der Waals surface area contributed by atoms with E-state index in [1.165, 1.54) is 30.3 Å². The first-order valence-electron chi connectivity index (χ1n) is 13.6. The first kappa shape index (κ1) is 28.9. The van der Waals surface area contributed by atoms with Gasteiger partial charge in [-0.15, -0.1) is 0 Å². The highest BCUT2D eigenvalue weighted by molar-refractivity contribution is 7.91. The Hall–Kier alpha value is -4.62. The van der Waals surface area contributed by atoms with E-state index >= 15 is 0 Å². The summed E-state index contributed by atoms with van der Waals surface area (Å²) in [5.74, 6) is -0.963. The Morgan fingerprint density at radius 3 is 2.14 bits per heavy atom. The van der Waals surface area contributed by atoms with Crippen LogP contribution in [0.5, 0.6) is 11.5 Å². The summed E-state index contributed by atoms with van der Waals surface area (Å²) in [5, 5.41) is 26.4. The van der Waals surface area contributed by atoms with Crippen LogP contribution < -0.4 is 5.32 Å². The van der Waals surface area contributed by atoms with E-state index in [2.05, 4.69) is 5.32 Å². The molecule has 0 saturated heterocycles. The van der Waals surface area contributed by atoms with Crippen LogP contribution in [0.2, 0.25) is 0 Å². The second-order valence-corrected chi connectivity index (χ2v) is 13.4. The molecule has 0 radical (unpaired) electrons. The molecule has 0 aliphatic heterocycles. The van der Waals surface area contributed by atoms with E-state index in [1.807, 2.05) is 75.4 Å². The molecule has 0 bridgehead atoms. The van der Waals surface area contributed by atoms with E-state index in [4.69, 9.17) is 0 Å². The molecule has 0 saturated carbocycles. The van der Waals surface area contributed by atoms with Gasteiger partial charge in [0.15, 0.2) is 0 Å². The number of nitrogens with one attached hydrogen (secondary N) is 1. The van der Waals surface area contributed by atoms with E-state index in [-0.39, 0.29) is 37.8 Å². The molecule has 0 aliphatic carbocycles. The van der Waals surface area contributed by atoms with Crippen LogP contribution in [0, 0.1) is 6.92 Å². The van der Waals surface area contributed by atoms with Gasteiger partial charge in [-0.1, -0.05) is 81.4 Å². The number of aromatic hydroxyl groups is 2. The Morgan fingerprint density at radius 2 is 1.43 bits per heavy atom. The molecule has 42 heavy (non-hydrogen) atoms. The fourth-order valence-electron chi connectivity index (χ4n) is 5.19. The van der Waals surface area contributed by atoms with Crippen LogP contribution in [0.25, 0.3) is 10.8 Å². The van der Waals surface area contributed by atoms with Crippen LogP contribution in [0.15, 0.2) is 107 Å². The fourth-order valence-corrected chi connectivity index (χ4v) is 6.86. The SMILES string of the molecule is Cc1c(O)c(Cc2cccc3ccccc23)cc(C(=O)Nc2ccc(S(=O)(=O)c3ccccc3C(C)(C)C)cc2)c1O. The standard InChI is InChI=1S/C35H33NO5S/c1-22-32(37)25(20-24-12-9-11-23-10-5-6-13-28(23)24)21-29(33(22)38)34(39)36-26-16-18-27(19-17-26)42(40,41)31-15-8-7-14-30(31)35(2,3)4/h5-19,21,37-38H,20H2,1-4H3,(H,36,39). The van der Waals surface area contributed by atoms with E-state index in [0.29, 0.717) is 17.7 Å². The van der Waals surface area contributed by atoms with Gasteiger partial charge in [0.25, 0.3) is 5.91 Å². The summed E-state index contributed by atoms with van der Waals surface area (Å²) in [5.41, 5.74) is 2.42. The molecule has 0 atom stereocenters. The summed E-state index contributed by atoms with van der Waals surface area (Å²) >= 11 is 0. The minimum atomic E-state index is -3.80. The molecule has 5 aromatic rings. The lowest BCUT2D eigenvalue weighted by Gasteiger charge is -2.22. The maximum Gasteiger partial charge on any atom is 0.259 e. The third-order valence-electron chi connectivity index (χ3n) is 7.50. The Balaban J connectivity index is 1.42. The predicted molar refractivity (Wildman–Crippen MR) is 166 cm³/mol. The molecule has 0 fully saturated rings. The van der Waals surface area contributed by atoms with E-state index < -0.39 is 15.7 Å². The summed E-state index contributed by atoms with van der Waals surface area (Å²) in [6, 6.07) is 28.3. The van der Waals surface area contributed by atoms with Crippen molar-refractivity contribution in [1.82, 2.24) is 0 Å². The number of carbonyl (C=O) groups excluding carboxylic acids is 1. The zero-order valence-corrected chi connectivity index (χ0v) is 24.8. The largest absolute Gasteiger partial charge is 0.507 e. The van der Waals surface area contributed by atoms with Crippen LogP contribution in [0.1, 0.15) is 53.4 Å². The quantitative estimate of drug-likeness (QED) is 0.193. The topological polar surface area (TPSA) is 104 Å². The Kier molecular flexibility index (Phi) is 7.56. The lowest BCUT2D eigenvalue weighted by Crippen LogP contribution is -2.17. The van der Waals surface area contributed by atoms with Crippen molar-refractivity contribution in [2.24, 2.45) is 0 Å². The number of hydrogen-bond acceptors (Lipinski definition) is 5. The minimum absolute atomic E-state index is 0.0105. The van der Waals surface area contributed by atoms with Gasteiger partial charge >= 0.3 is 0 Å². The molecule has 0 spiro atoms. The van der Waals surface area contributed by atoms with Crippen LogP contribution in [0.4, 0.5) is 5.69 Å². The van der Waals surface area contributed by atoms with Crippen LogP contribution in [0.3, 0.4) is 0 Å². The fraction of sp³-hybridized carbons (Fsp3) is 0.171. The average molecular weight is 580 g/mol. The van der Waals surface area contributed by atoms with Crippen LogP contribution >= 0.6 is 0 Å². The minimum Gasteiger partial charge on any atom is -0.507 e. The smallest absolute Gasteiger partial charge is 0.259 e. The van der Waals surface area contributed by atoms with Crippen molar-refractivity contribution in [2.75, 3.05) is 5.32 Å². The van der Waals surface area contributed by atoms with Gasteiger partial charge in [0, 0.05) is 17.7 Å². The van der Waals surface area contributed by atoms with Crippen molar-refractivity contribution in [3.05, 3.63) is 125 Å². The molecule has 7 heteroatoms. The van der Waals surface area contributed by atoms with Gasteiger partial charge < -0.3 is 15.5 Å². The van der Waals surface area contributed by atoms with Crippen molar-refractivity contribution in [3.63, 3.8) is 0 Å². The molecule has 0 unspecified atom stereocenters. The summed E-state index contributed by atoms with van der Waals surface area (Å²) in [6.45, 7) is 7.46. The van der Waals surface area contributed by atoms with Crippen molar-refractivity contribution in [2.45, 2.75) is 49.3 Å². The van der Waals surface area contributed by atoms with Gasteiger partial charge in [-0.3, -0.25) is 4.79 Å². The molecule has 6 nitrogen and oxygen atoms in total. The van der Waals surface area contributed by atoms with Gasteiger partial charge in [0.2, 0.25) is 9.84 Å². The number of phenols is 2. The first-order valence-corrected chi connectivity index (χ1v) is 15.1. The summed E-state index contributed by atoms with van der Waals surface area (Å²) < 4.78 is 27.0. The van der Waals surface area contributed by atoms with Gasteiger partial charge in [-0.25, -0.2) is 8.42 Å². The molecular weight excluding hydrogens is 546 g/mol. The lowest BCUT2D eigenvalue weighted by atomic mass is 9.87. The molecule has 5 rings (SSSR count). The number of sulfone groups is 1. The number of amides is 1. The third kappa shape index (κ3) is 5.48. The predicted octanol–water partition coefficient (Wildman–Crippen LogP) is 7.53. The number of hydrogen-bond donors (Lipinski definition) is 3. The van der Waals surface area contributed by atoms with Gasteiger partial charge in [0.1, 0.15) is 11.5 Å². The molecular formula is C35H33NO5S. The van der Waals surface area contributed by atoms with Gasteiger partial charge in [-0.05, 0) is 76.2 Å². The summed E-state index contributed by atoms with van der Waals surface area (Å²) in [7, 11) is -3.80. The molecule has 3 N–H and O–H groups in total. The number of benzene rings is 5. The van der Waals surface area contributed by atoms with Crippen molar-refractivity contribution < 1.29 is 23.4 Å². The molecule has 0 aromatic heterocycles. The Labute approximate surface area is 246 Å². The monoisotopic (exact) mass is 579 g/mol. The number of anilines is 1. The number of rotatable bonds is 6. The van der Waals surface area contributed by atoms with Crippen molar-refractivity contribution in [3.8, 4) is 11.5 Å². The zero-order chi connectivity index (χ0) is 30.2. The molecule has 214 valence electrons.